The van der Waals surface area contributed by atoms with E-state index in [1.807, 2.05) is 18.2 Å². The summed E-state index contributed by atoms with van der Waals surface area (Å²) in [5, 5.41) is 17.0. The molecule has 0 spiro atoms. The number of fused-ring (bicyclic) bond motifs is 1. The predicted octanol–water partition coefficient (Wildman–Crippen LogP) is 2.72. The van der Waals surface area contributed by atoms with E-state index >= 15 is 0 Å². The first-order valence-electron chi connectivity index (χ1n) is 6.48. The Balaban J connectivity index is 2.34. The predicted molar refractivity (Wildman–Crippen MR) is 76.9 cm³/mol. The van der Waals surface area contributed by atoms with Gasteiger partial charge in [-0.05, 0) is 23.5 Å². The highest BCUT2D eigenvalue weighted by atomic mass is 16.7. The smallest absolute Gasteiger partial charge is 0.330 e. The summed E-state index contributed by atoms with van der Waals surface area (Å²) in [6.45, 7) is 7.71. The number of hydrogen-bond donors (Lipinski definition) is 2. The largest absolute Gasteiger partial charge is 0.333 e. The summed E-state index contributed by atoms with van der Waals surface area (Å²) < 4.78 is 0. The van der Waals surface area contributed by atoms with Crippen LogP contribution in [-0.2, 0) is 16.1 Å². The number of amidine groups is 2. The molecular formula is C15H19N3O2. The first-order valence-corrected chi connectivity index (χ1v) is 6.48. The van der Waals surface area contributed by atoms with Crippen molar-refractivity contribution in [2.45, 2.75) is 34.1 Å². The minimum atomic E-state index is -0.540. The van der Waals surface area contributed by atoms with Crippen LogP contribution in [0.25, 0.3) is 0 Å². The summed E-state index contributed by atoms with van der Waals surface area (Å²) in [6.07, 6.45) is 0.883. The van der Waals surface area contributed by atoms with Crippen molar-refractivity contribution in [2.75, 3.05) is 0 Å². The molecule has 0 saturated carbocycles. The Labute approximate surface area is 118 Å². The number of carbonyl (C=O) groups is 1. The normalized spacial score (nSPS) is 14.5. The van der Waals surface area contributed by atoms with E-state index in [4.69, 9.17) is 15.7 Å². The molecule has 20 heavy (non-hydrogen) atoms. The van der Waals surface area contributed by atoms with Crippen molar-refractivity contribution in [3.8, 4) is 0 Å². The molecule has 0 aromatic heterocycles. The van der Waals surface area contributed by atoms with Crippen LogP contribution in [0.1, 0.15) is 44.4 Å². The van der Waals surface area contributed by atoms with E-state index < -0.39 is 5.97 Å². The van der Waals surface area contributed by atoms with Crippen LogP contribution in [0.3, 0.4) is 0 Å². The zero-order valence-corrected chi connectivity index (χ0v) is 12.2. The third kappa shape index (κ3) is 2.71. The summed E-state index contributed by atoms with van der Waals surface area (Å²) in [6, 6.07) is 5.68. The molecule has 0 unspecified atom stereocenters. The SMILES string of the molecule is CC(=O)ON1C(=N)c2ccc(CC(C)(C)C)cc2C1=N. The number of hydrogen-bond acceptors (Lipinski definition) is 4. The Kier molecular flexibility index (Phi) is 3.38. The molecule has 2 N–H and O–H groups in total. The Morgan fingerprint density at radius 3 is 2.35 bits per heavy atom. The lowest BCUT2D eigenvalue weighted by atomic mass is 9.87. The van der Waals surface area contributed by atoms with Gasteiger partial charge in [0.15, 0.2) is 11.7 Å². The van der Waals surface area contributed by atoms with Gasteiger partial charge < -0.3 is 4.84 Å². The lowest BCUT2D eigenvalue weighted by molar-refractivity contribution is -0.159. The van der Waals surface area contributed by atoms with Crippen LogP contribution < -0.4 is 0 Å². The van der Waals surface area contributed by atoms with Crippen molar-refractivity contribution >= 4 is 17.6 Å². The molecule has 0 radical (unpaired) electrons. The first-order chi connectivity index (χ1) is 9.19. The third-order valence-corrected chi connectivity index (χ3v) is 2.95. The van der Waals surface area contributed by atoms with E-state index in [0.717, 1.165) is 17.0 Å². The molecule has 0 amide bonds. The van der Waals surface area contributed by atoms with Crippen LogP contribution in [0.5, 0.6) is 0 Å². The average Bonchev–Trinajstić information content (AvgIpc) is 2.52. The fourth-order valence-corrected chi connectivity index (χ4v) is 2.27. The van der Waals surface area contributed by atoms with E-state index in [2.05, 4.69) is 20.8 Å². The molecule has 0 aliphatic carbocycles. The second-order valence-electron chi connectivity index (χ2n) is 6.19. The van der Waals surface area contributed by atoms with Crippen LogP contribution in [0, 0.1) is 16.2 Å². The Morgan fingerprint density at radius 1 is 1.20 bits per heavy atom. The van der Waals surface area contributed by atoms with E-state index in [0.29, 0.717) is 11.1 Å². The van der Waals surface area contributed by atoms with Gasteiger partial charge in [0.25, 0.3) is 0 Å². The van der Waals surface area contributed by atoms with Crippen LogP contribution in [0.2, 0.25) is 0 Å². The van der Waals surface area contributed by atoms with Crippen molar-refractivity contribution in [1.29, 1.82) is 10.8 Å². The summed E-state index contributed by atoms with van der Waals surface area (Å²) in [4.78, 5) is 15.9. The second-order valence-corrected chi connectivity index (χ2v) is 6.19. The van der Waals surface area contributed by atoms with Crippen LogP contribution in [-0.4, -0.2) is 22.7 Å². The molecule has 0 saturated heterocycles. The number of nitrogens with zero attached hydrogens (tertiary/aromatic N) is 1. The van der Waals surface area contributed by atoms with E-state index in [1.54, 1.807) is 0 Å². The summed E-state index contributed by atoms with van der Waals surface area (Å²) in [7, 11) is 0. The molecular weight excluding hydrogens is 254 g/mol. The van der Waals surface area contributed by atoms with Gasteiger partial charge in [0.2, 0.25) is 0 Å². The van der Waals surface area contributed by atoms with Gasteiger partial charge in [0.05, 0.1) is 0 Å². The summed E-state index contributed by atoms with van der Waals surface area (Å²) in [5.41, 5.74) is 2.52. The molecule has 0 atom stereocenters. The van der Waals surface area contributed by atoms with Gasteiger partial charge in [0.1, 0.15) is 0 Å². The van der Waals surface area contributed by atoms with Gasteiger partial charge in [-0.25, -0.2) is 4.79 Å². The molecule has 0 bridgehead atoms. The molecule has 5 nitrogen and oxygen atoms in total. The second kappa shape index (κ2) is 4.74. The van der Waals surface area contributed by atoms with Crippen LogP contribution in [0.4, 0.5) is 0 Å². The first kappa shape index (κ1) is 14.2. The molecule has 1 aromatic carbocycles. The van der Waals surface area contributed by atoms with Gasteiger partial charge >= 0.3 is 5.97 Å². The van der Waals surface area contributed by atoms with Gasteiger partial charge in [-0.3, -0.25) is 10.8 Å². The fourth-order valence-electron chi connectivity index (χ4n) is 2.27. The van der Waals surface area contributed by atoms with Crippen molar-refractivity contribution in [2.24, 2.45) is 5.41 Å². The molecule has 1 heterocycles. The van der Waals surface area contributed by atoms with Crippen molar-refractivity contribution in [3.63, 3.8) is 0 Å². The number of carbonyl (C=O) groups excluding carboxylic acids is 1. The quantitative estimate of drug-likeness (QED) is 0.869. The van der Waals surface area contributed by atoms with Gasteiger partial charge in [-0.15, -0.1) is 5.06 Å². The Hall–Kier alpha value is -2.17. The monoisotopic (exact) mass is 273 g/mol. The number of rotatable bonds is 2. The van der Waals surface area contributed by atoms with Crippen molar-refractivity contribution in [3.05, 3.63) is 34.9 Å². The van der Waals surface area contributed by atoms with Gasteiger partial charge in [0, 0.05) is 18.1 Å². The molecule has 1 aliphatic heterocycles. The number of nitrogens with one attached hydrogen (secondary N) is 2. The van der Waals surface area contributed by atoms with Crippen molar-refractivity contribution < 1.29 is 9.63 Å². The van der Waals surface area contributed by atoms with E-state index in [9.17, 15) is 4.79 Å². The molecule has 2 rings (SSSR count). The maximum Gasteiger partial charge on any atom is 0.330 e. The number of hydroxylamine groups is 2. The molecule has 1 aliphatic rings. The van der Waals surface area contributed by atoms with Gasteiger partial charge in [-0.1, -0.05) is 32.9 Å². The van der Waals surface area contributed by atoms with E-state index in [1.165, 1.54) is 6.92 Å². The Morgan fingerprint density at radius 2 is 1.80 bits per heavy atom. The topological polar surface area (TPSA) is 77.2 Å². The highest BCUT2D eigenvalue weighted by Crippen LogP contribution is 2.27. The number of benzene rings is 1. The Bertz CT molecular complexity index is 600. The van der Waals surface area contributed by atoms with E-state index in [-0.39, 0.29) is 17.1 Å². The average molecular weight is 273 g/mol. The lowest BCUT2D eigenvalue weighted by Crippen LogP contribution is -2.31. The molecule has 0 fully saturated rings. The maximum atomic E-state index is 11.0. The van der Waals surface area contributed by atoms with Gasteiger partial charge in [-0.2, -0.15) is 0 Å². The zero-order chi connectivity index (χ0) is 15.1. The molecule has 1 aromatic rings. The minimum Gasteiger partial charge on any atom is -0.333 e. The van der Waals surface area contributed by atoms with Crippen molar-refractivity contribution in [1.82, 2.24) is 5.06 Å². The third-order valence-electron chi connectivity index (χ3n) is 2.95. The standard InChI is InChI=1S/C15H19N3O2/c1-9(19)20-18-13(16)11-6-5-10(8-15(2,3)4)7-12(11)14(18)17/h5-7,16-17H,8H2,1-4H3. The summed E-state index contributed by atoms with van der Waals surface area (Å²) >= 11 is 0. The highest BCUT2D eigenvalue weighted by molar-refractivity contribution is 6.22. The minimum absolute atomic E-state index is 0.0301. The highest BCUT2D eigenvalue weighted by Gasteiger charge is 2.33. The lowest BCUT2D eigenvalue weighted by Gasteiger charge is -2.18. The van der Waals surface area contributed by atoms with Crippen LogP contribution >= 0.6 is 0 Å². The maximum absolute atomic E-state index is 11.0. The fraction of sp³-hybridized carbons (Fsp3) is 0.400. The summed E-state index contributed by atoms with van der Waals surface area (Å²) in [5.74, 6) is -0.472. The molecule has 5 heteroatoms. The van der Waals surface area contributed by atoms with Crippen LogP contribution in [0.15, 0.2) is 18.2 Å². The zero-order valence-electron chi connectivity index (χ0n) is 12.2. The molecule has 106 valence electrons.